The van der Waals surface area contributed by atoms with Gasteiger partial charge in [0.15, 0.2) is 0 Å². The minimum absolute atomic E-state index is 0.0930. The highest BCUT2D eigenvalue weighted by Gasteiger charge is 2.45. The van der Waals surface area contributed by atoms with Crippen LogP contribution in [0.3, 0.4) is 0 Å². The van der Waals surface area contributed by atoms with Crippen LogP contribution in [0.2, 0.25) is 0 Å². The molecule has 1 saturated heterocycles. The summed E-state index contributed by atoms with van der Waals surface area (Å²) in [6.45, 7) is 1.43. The molecule has 1 aliphatic heterocycles. The second-order valence-corrected chi connectivity index (χ2v) is 5.53. The predicted octanol–water partition coefficient (Wildman–Crippen LogP) is 2.53. The van der Waals surface area contributed by atoms with Crippen molar-refractivity contribution in [3.8, 4) is 0 Å². The first-order valence-electron chi connectivity index (χ1n) is 6.79. The van der Waals surface area contributed by atoms with Crippen molar-refractivity contribution in [3.63, 3.8) is 0 Å². The average Bonchev–Trinajstić information content (AvgIpc) is 3.21. The molecule has 2 aliphatic rings. The monoisotopic (exact) mass is 231 g/mol. The summed E-state index contributed by atoms with van der Waals surface area (Å²) in [5, 5.41) is 13.2. The zero-order valence-electron chi connectivity index (χ0n) is 10.3. The molecular formula is C15H21NO. The van der Waals surface area contributed by atoms with Gasteiger partial charge in [0.1, 0.15) is 0 Å². The molecule has 1 saturated carbocycles. The van der Waals surface area contributed by atoms with Gasteiger partial charge in [0.05, 0.1) is 6.61 Å². The lowest BCUT2D eigenvalue weighted by Gasteiger charge is -2.28. The van der Waals surface area contributed by atoms with E-state index in [-0.39, 0.29) is 5.41 Å². The number of aliphatic hydroxyl groups is 1. The molecule has 1 aromatic rings. The summed E-state index contributed by atoms with van der Waals surface area (Å²) in [7, 11) is 0. The molecule has 0 aromatic heterocycles. The molecule has 0 bridgehead atoms. The van der Waals surface area contributed by atoms with Crippen molar-refractivity contribution in [3.05, 3.63) is 35.4 Å². The third kappa shape index (κ3) is 2.00. The number of aliphatic hydroxyl groups excluding tert-OH is 1. The van der Waals surface area contributed by atoms with Crippen LogP contribution in [0, 0.1) is 0 Å². The van der Waals surface area contributed by atoms with E-state index in [9.17, 15) is 5.11 Å². The van der Waals surface area contributed by atoms with E-state index in [1.165, 1.54) is 30.4 Å². The standard InChI is InChI=1S/C15H21NO/c17-11-15(8-9-15)13-6-2-1-5-12(13)14-7-3-4-10-16-14/h1-2,5-6,14,16-17H,3-4,7-11H2. The van der Waals surface area contributed by atoms with Crippen LogP contribution in [0.4, 0.5) is 0 Å². The first-order valence-corrected chi connectivity index (χ1v) is 6.79. The summed E-state index contributed by atoms with van der Waals surface area (Å²) >= 11 is 0. The molecule has 2 heteroatoms. The highest BCUT2D eigenvalue weighted by Crippen LogP contribution is 2.50. The van der Waals surface area contributed by atoms with Gasteiger partial charge in [-0.3, -0.25) is 0 Å². The molecule has 2 nitrogen and oxygen atoms in total. The summed E-state index contributed by atoms with van der Waals surface area (Å²) in [5.41, 5.74) is 2.91. The first kappa shape index (κ1) is 11.2. The maximum absolute atomic E-state index is 9.61. The van der Waals surface area contributed by atoms with Crippen molar-refractivity contribution in [2.75, 3.05) is 13.2 Å². The maximum Gasteiger partial charge on any atom is 0.0528 e. The second kappa shape index (κ2) is 4.43. The van der Waals surface area contributed by atoms with Crippen LogP contribution < -0.4 is 5.32 Å². The summed E-state index contributed by atoms with van der Waals surface area (Å²) in [6.07, 6.45) is 6.14. The van der Waals surface area contributed by atoms with Gasteiger partial charge in [-0.25, -0.2) is 0 Å². The van der Waals surface area contributed by atoms with E-state index in [1.807, 2.05) is 0 Å². The van der Waals surface area contributed by atoms with Crippen LogP contribution in [0.15, 0.2) is 24.3 Å². The predicted molar refractivity (Wildman–Crippen MR) is 69.0 cm³/mol. The fourth-order valence-electron chi connectivity index (χ4n) is 3.06. The smallest absolute Gasteiger partial charge is 0.0528 e. The quantitative estimate of drug-likeness (QED) is 0.838. The Bertz CT molecular complexity index is 392. The van der Waals surface area contributed by atoms with Crippen LogP contribution in [-0.4, -0.2) is 18.3 Å². The van der Waals surface area contributed by atoms with Crippen LogP contribution in [-0.2, 0) is 5.41 Å². The maximum atomic E-state index is 9.61. The van der Waals surface area contributed by atoms with Crippen molar-refractivity contribution in [1.29, 1.82) is 0 Å². The molecular weight excluding hydrogens is 210 g/mol. The van der Waals surface area contributed by atoms with Crippen molar-refractivity contribution in [2.45, 2.75) is 43.6 Å². The van der Waals surface area contributed by atoms with Crippen LogP contribution in [0.25, 0.3) is 0 Å². The molecule has 0 spiro atoms. The molecule has 0 radical (unpaired) electrons. The van der Waals surface area contributed by atoms with Gasteiger partial charge in [-0.1, -0.05) is 30.7 Å². The van der Waals surface area contributed by atoms with Gasteiger partial charge in [-0.15, -0.1) is 0 Å². The lowest BCUT2D eigenvalue weighted by Crippen LogP contribution is -2.29. The van der Waals surface area contributed by atoms with Gasteiger partial charge < -0.3 is 10.4 Å². The van der Waals surface area contributed by atoms with E-state index in [4.69, 9.17) is 0 Å². The molecule has 2 N–H and O–H groups in total. The Kier molecular flexibility index (Phi) is 2.93. The van der Waals surface area contributed by atoms with Crippen molar-refractivity contribution >= 4 is 0 Å². The van der Waals surface area contributed by atoms with E-state index < -0.39 is 0 Å². The van der Waals surface area contributed by atoms with Gasteiger partial charge in [-0.05, 0) is 43.4 Å². The minimum atomic E-state index is 0.0930. The topological polar surface area (TPSA) is 32.3 Å². The Labute approximate surface area is 103 Å². The Morgan fingerprint density at radius 2 is 2.06 bits per heavy atom. The zero-order chi connectivity index (χ0) is 11.7. The average molecular weight is 231 g/mol. The minimum Gasteiger partial charge on any atom is -0.395 e. The summed E-state index contributed by atoms with van der Waals surface area (Å²) in [4.78, 5) is 0. The van der Waals surface area contributed by atoms with E-state index in [0.717, 1.165) is 19.4 Å². The molecule has 1 atom stereocenters. The first-order chi connectivity index (χ1) is 8.36. The number of rotatable bonds is 3. The second-order valence-electron chi connectivity index (χ2n) is 5.53. The summed E-state index contributed by atoms with van der Waals surface area (Å²) in [6, 6.07) is 9.20. The van der Waals surface area contributed by atoms with E-state index in [2.05, 4.69) is 29.6 Å². The number of benzene rings is 1. The van der Waals surface area contributed by atoms with Gasteiger partial charge in [0.2, 0.25) is 0 Å². The fraction of sp³-hybridized carbons (Fsp3) is 0.600. The van der Waals surface area contributed by atoms with Gasteiger partial charge in [0.25, 0.3) is 0 Å². The van der Waals surface area contributed by atoms with Crippen molar-refractivity contribution in [1.82, 2.24) is 5.32 Å². The highest BCUT2D eigenvalue weighted by molar-refractivity contribution is 5.40. The van der Waals surface area contributed by atoms with Crippen LogP contribution in [0.1, 0.15) is 49.3 Å². The highest BCUT2D eigenvalue weighted by atomic mass is 16.3. The SMILES string of the molecule is OCC1(c2ccccc2C2CCCCN2)CC1. The molecule has 92 valence electrons. The molecule has 1 heterocycles. The van der Waals surface area contributed by atoms with Gasteiger partial charge in [-0.2, -0.15) is 0 Å². The Hall–Kier alpha value is -0.860. The fourth-order valence-corrected chi connectivity index (χ4v) is 3.06. The lowest BCUT2D eigenvalue weighted by atomic mass is 9.86. The molecule has 1 aliphatic carbocycles. The van der Waals surface area contributed by atoms with Crippen LogP contribution >= 0.6 is 0 Å². The van der Waals surface area contributed by atoms with Crippen LogP contribution in [0.5, 0.6) is 0 Å². The number of hydrogen-bond acceptors (Lipinski definition) is 2. The molecule has 0 amide bonds. The molecule has 3 rings (SSSR count). The Balaban J connectivity index is 1.93. The molecule has 2 fully saturated rings. The zero-order valence-corrected chi connectivity index (χ0v) is 10.3. The van der Waals surface area contributed by atoms with E-state index in [1.54, 1.807) is 0 Å². The van der Waals surface area contributed by atoms with Gasteiger partial charge >= 0.3 is 0 Å². The third-order valence-corrected chi connectivity index (χ3v) is 4.37. The number of nitrogens with one attached hydrogen (secondary N) is 1. The lowest BCUT2D eigenvalue weighted by molar-refractivity contribution is 0.253. The third-order valence-electron chi connectivity index (χ3n) is 4.37. The van der Waals surface area contributed by atoms with Crippen molar-refractivity contribution < 1.29 is 5.11 Å². The van der Waals surface area contributed by atoms with Crippen molar-refractivity contribution in [2.24, 2.45) is 0 Å². The Morgan fingerprint density at radius 3 is 2.71 bits per heavy atom. The van der Waals surface area contributed by atoms with E-state index >= 15 is 0 Å². The number of hydrogen-bond donors (Lipinski definition) is 2. The largest absolute Gasteiger partial charge is 0.395 e. The summed E-state index contributed by atoms with van der Waals surface area (Å²) in [5.74, 6) is 0. The molecule has 17 heavy (non-hydrogen) atoms. The number of piperidine rings is 1. The Morgan fingerprint density at radius 1 is 1.24 bits per heavy atom. The molecule has 1 unspecified atom stereocenters. The van der Waals surface area contributed by atoms with Gasteiger partial charge in [0, 0.05) is 11.5 Å². The molecule has 1 aromatic carbocycles. The normalized spacial score (nSPS) is 26.8. The van der Waals surface area contributed by atoms with E-state index in [0.29, 0.717) is 12.6 Å². The summed E-state index contributed by atoms with van der Waals surface area (Å²) < 4.78 is 0.